The molecule has 1 aromatic rings. The van der Waals surface area contributed by atoms with Crippen molar-refractivity contribution in [2.24, 2.45) is 5.41 Å². The molecule has 0 bridgehead atoms. The number of ether oxygens (including phenoxy) is 1. The molecule has 0 saturated heterocycles. The predicted octanol–water partition coefficient (Wildman–Crippen LogP) is 5.19. The molecule has 0 heterocycles. The van der Waals surface area contributed by atoms with Gasteiger partial charge in [0, 0.05) is 0 Å². The first kappa shape index (κ1) is 21.1. The Hall–Kier alpha value is -1.94. The maximum atomic E-state index is 12.8. The van der Waals surface area contributed by atoms with Gasteiger partial charge < -0.3 is 4.74 Å². The highest BCUT2D eigenvalue weighted by Gasteiger charge is 2.89. The Bertz CT molecular complexity index is 609. The van der Waals surface area contributed by atoms with Gasteiger partial charge in [0.1, 0.15) is 5.75 Å². The Morgan fingerprint density at radius 1 is 0.760 bits per heavy atom. The first-order valence-corrected chi connectivity index (χ1v) is 6.47. The van der Waals surface area contributed by atoms with Crippen molar-refractivity contribution in [3.05, 3.63) is 28.8 Å². The molecule has 0 aliphatic rings. The van der Waals surface area contributed by atoms with Crippen molar-refractivity contribution in [1.29, 1.82) is 0 Å². The summed E-state index contributed by atoms with van der Waals surface area (Å²) in [4.78, 5) is 11.6. The molecule has 2 nitrogen and oxygen atoms in total. The minimum Gasteiger partial charge on any atom is -0.425 e. The zero-order valence-corrected chi connectivity index (χ0v) is 12.9. The number of esters is 1. The van der Waals surface area contributed by atoms with Crippen LogP contribution in [-0.2, 0) is 4.79 Å². The van der Waals surface area contributed by atoms with Gasteiger partial charge in [-0.05, 0) is 31.9 Å². The molecular weight excluding hydrogens is 371 g/mol. The smallest absolute Gasteiger partial charge is 0.423 e. The Labute approximate surface area is 135 Å². The predicted molar refractivity (Wildman–Crippen MR) is 66.9 cm³/mol. The van der Waals surface area contributed by atoms with Crippen LogP contribution in [0.1, 0.15) is 16.7 Å². The molecule has 1 rings (SSSR count). The number of hydrogen-bond donors (Lipinski definition) is 0. The van der Waals surface area contributed by atoms with Gasteiger partial charge in [-0.1, -0.05) is 17.7 Å². The standard InChI is InChI=1S/C14H11F9O2/c1-6-4-7(2)9(8(3)5-6)25-10(24)11(12(15,16)17,13(18,19)20)14(21,22)23/h4-5H,1-3H3. The van der Waals surface area contributed by atoms with E-state index in [4.69, 9.17) is 0 Å². The van der Waals surface area contributed by atoms with Gasteiger partial charge in [0.15, 0.2) is 0 Å². The molecule has 0 spiro atoms. The summed E-state index contributed by atoms with van der Waals surface area (Å²) in [7, 11) is 0. The van der Waals surface area contributed by atoms with Crippen molar-refractivity contribution >= 4 is 5.97 Å². The lowest BCUT2D eigenvalue weighted by molar-refractivity contribution is -0.410. The lowest BCUT2D eigenvalue weighted by Gasteiger charge is -2.36. The van der Waals surface area contributed by atoms with E-state index in [2.05, 4.69) is 4.74 Å². The molecule has 1 aromatic carbocycles. The monoisotopic (exact) mass is 382 g/mol. The number of alkyl halides is 9. The van der Waals surface area contributed by atoms with Gasteiger partial charge in [-0.25, -0.2) is 4.79 Å². The molecule has 11 heteroatoms. The Morgan fingerprint density at radius 3 is 1.36 bits per heavy atom. The first-order chi connectivity index (χ1) is 11.0. The van der Waals surface area contributed by atoms with Crippen LogP contribution in [0.4, 0.5) is 39.5 Å². The molecule has 25 heavy (non-hydrogen) atoms. The van der Waals surface area contributed by atoms with E-state index in [0.717, 1.165) is 0 Å². The van der Waals surface area contributed by atoms with Crippen LogP contribution in [0.5, 0.6) is 5.75 Å². The van der Waals surface area contributed by atoms with Crippen molar-refractivity contribution in [2.75, 3.05) is 0 Å². The molecular formula is C14H11F9O2. The van der Waals surface area contributed by atoms with Gasteiger partial charge in [0.25, 0.3) is 0 Å². The van der Waals surface area contributed by atoms with E-state index in [-0.39, 0.29) is 11.1 Å². The average molecular weight is 382 g/mol. The lowest BCUT2D eigenvalue weighted by atomic mass is 9.85. The van der Waals surface area contributed by atoms with E-state index >= 15 is 0 Å². The highest BCUT2D eigenvalue weighted by atomic mass is 19.4. The third-order valence-electron chi connectivity index (χ3n) is 3.38. The Morgan fingerprint density at radius 2 is 1.08 bits per heavy atom. The average Bonchev–Trinajstić information content (AvgIpc) is 2.28. The van der Waals surface area contributed by atoms with Crippen molar-refractivity contribution in [3.8, 4) is 5.75 Å². The number of carbonyl (C=O) groups is 1. The summed E-state index contributed by atoms with van der Waals surface area (Å²) in [5.74, 6) is -4.30. The fourth-order valence-corrected chi connectivity index (χ4v) is 2.33. The van der Waals surface area contributed by atoms with E-state index in [9.17, 15) is 44.3 Å². The highest BCUT2D eigenvalue weighted by molar-refractivity contribution is 5.83. The van der Waals surface area contributed by atoms with E-state index in [1.54, 1.807) is 0 Å². The van der Waals surface area contributed by atoms with Crippen LogP contribution in [0.2, 0.25) is 0 Å². The van der Waals surface area contributed by atoms with Crippen molar-refractivity contribution in [2.45, 2.75) is 39.3 Å². The largest absolute Gasteiger partial charge is 0.425 e. The lowest BCUT2D eigenvalue weighted by Crippen LogP contribution is -2.65. The normalized spacial score (nSPS) is 13.8. The van der Waals surface area contributed by atoms with Crippen LogP contribution >= 0.6 is 0 Å². The van der Waals surface area contributed by atoms with E-state index < -0.39 is 35.7 Å². The minimum absolute atomic E-state index is 0.0914. The second-order valence-electron chi connectivity index (χ2n) is 5.36. The summed E-state index contributed by atoms with van der Waals surface area (Å²) >= 11 is 0. The van der Waals surface area contributed by atoms with E-state index in [1.807, 2.05) is 0 Å². The van der Waals surface area contributed by atoms with Crippen LogP contribution in [-0.4, -0.2) is 24.5 Å². The van der Waals surface area contributed by atoms with Gasteiger partial charge in [-0.2, -0.15) is 39.5 Å². The zero-order chi connectivity index (χ0) is 20.0. The maximum absolute atomic E-state index is 12.8. The molecule has 0 aliphatic heterocycles. The SMILES string of the molecule is Cc1cc(C)c(OC(=O)C(C(F)(F)F)(C(F)(F)F)C(F)(F)F)c(C)c1. The van der Waals surface area contributed by atoms with Crippen molar-refractivity contribution < 1.29 is 49.0 Å². The number of hydrogen-bond acceptors (Lipinski definition) is 2. The number of halogens is 9. The third-order valence-corrected chi connectivity index (χ3v) is 3.38. The topological polar surface area (TPSA) is 26.3 Å². The number of rotatable bonds is 2. The number of benzene rings is 1. The summed E-state index contributed by atoms with van der Waals surface area (Å²) in [5.41, 5.74) is -6.32. The zero-order valence-electron chi connectivity index (χ0n) is 12.9. The summed E-state index contributed by atoms with van der Waals surface area (Å²) in [6.07, 6.45) is -21.0. The second-order valence-corrected chi connectivity index (χ2v) is 5.36. The van der Waals surface area contributed by atoms with Crippen molar-refractivity contribution in [1.82, 2.24) is 0 Å². The summed E-state index contributed by atoms with van der Waals surface area (Å²) in [6, 6.07) is 2.46. The maximum Gasteiger partial charge on any atom is 0.423 e. The van der Waals surface area contributed by atoms with Crippen LogP contribution in [0.15, 0.2) is 12.1 Å². The van der Waals surface area contributed by atoms with E-state index in [0.29, 0.717) is 5.56 Å². The quantitative estimate of drug-likeness (QED) is 0.400. The molecule has 0 atom stereocenters. The second kappa shape index (κ2) is 6.10. The molecule has 0 N–H and O–H groups in total. The molecule has 0 saturated carbocycles. The van der Waals surface area contributed by atoms with Crippen LogP contribution in [0, 0.1) is 26.2 Å². The summed E-state index contributed by atoms with van der Waals surface area (Å²) in [6.45, 7) is 3.86. The fraction of sp³-hybridized carbons (Fsp3) is 0.500. The number of carbonyl (C=O) groups excluding carboxylic acids is 1. The summed E-state index contributed by atoms with van der Waals surface area (Å²) in [5, 5.41) is 0. The van der Waals surface area contributed by atoms with E-state index in [1.165, 1.54) is 32.9 Å². The fourth-order valence-electron chi connectivity index (χ4n) is 2.33. The first-order valence-electron chi connectivity index (χ1n) is 6.47. The molecule has 0 radical (unpaired) electrons. The summed E-state index contributed by atoms with van der Waals surface area (Å²) < 4.78 is 120. The molecule has 0 aliphatic carbocycles. The third kappa shape index (κ3) is 3.40. The van der Waals surface area contributed by atoms with Crippen molar-refractivity contribution in [3.63, 3.8) is 0 Å². The Balaban J connectivity index is 3.62. The van der Waals surface area contributed by atoms with Crippen LogP contribution in [0.25, 0.3) is 0 Å². The van der Waals surface area contributed by atoms with Gasteiger partial charge in [0.05, 0.1) is 0 Å². The Kier molecular flexibility index (Phi) is 5.15. The molecule has 0 amide bonds. The minimum atomic E-state index is -7.01. The number of aryl methyl sites for hydroxylation is 3. The van der Waals surface area contributed by atoms with Gasteiger partial charge in [0.2, 0.25) is 0 Å². The highest BCUT2D eigenvalue weighted by Crippen LogP contribution is 2.60. The van der Waals surface area contributed by atoms with Crippen LogP contribution < -0.4 is 4.74 Å². The molecule has 142 valence electrons. The molecule has 0 fully saturated rings. The van der Waals surface area contributed by atoms with Crippen LogP contribution in [0.3, 0.4) is 0 Å². The van der Waals surface area contributed by atoms with Gasteiger partial charge in [-0.3, -0.25) is 0 Å². The molecule has 0 aromatic heterocycles. The van der Waals surface area contributed by atoms with Gasteiger partial charge >= 0.3 is 29.9 Å². The molecule has 0 unspecified atom stereocenters. The van der Waals surface area contributed by atoms with Gasteiger partial charge in [-0.15, -0.1) is 0 Å².